The summed E-state index contributed by atoms with van der Waals surface area (Å²) < 4.78 is 78.4. The first-order valence-electron chi connectivity index (χ1n) is 11.2. The zero-order valence-electron chi connectivity index (χ0n) is 19.8. The third kappa shape index (κ3) is 8.69. The van der Waals surface area contributed by atoms with Gasteiger partial charge in [-0.2, -0.15) is 26.3 Å². The van der Waals surface area contributed by atoms with Crippen molar-refractivity contribution in [1.82, 2.24) is 5.32 Å². The monoisotopic (exact) mass is 592 g/mol. The van der Waals surface area contributed by atoms with E-state index in [1.54, 1.807) is 0 Å². The van der Waals surface area contributed by atoms with Crippen LogP contribution in [0.2, 0.25) is 10.0 Å². The third-order valence-corrected chi connectivity index (χ3v) is 5.93. The predicted octanol–water partition coefficient (Wildman–Crippen LogP) is 8.28. The molecule has 3 N–H and O–H groups in total. The number of benzene rings is 3. The maximum Gasteiger partial charge on any atom is 0.416 e. The van der Waals surface area contributed by atoms with E-state index in [9.17, 15) is 35.9 Å². The molecular formula is C25H20Cl2F6N4O2. The summed E-state index contributed by atoms with van der Waals surface area (Å²) in [6.45, 7) is -0.182. The Hall–Kier alpha value is -3.64. The molecule has 39 heavy (non-hydrogen) atoms. The van der Waals surface area contributed by atoms with E-state index in [-0.39, 0.29) is 46.6 Å². The van der Waals surface area contributed by atoms with Gasteiger partial charge in [0.25, 0.3) is 0 Å². The molecule has 0 aliphatic rings. The van der Waals surface area contributed by atoms with Gasteiger partial charge in [0.1, 0.15) is 0 Å². The van der Waals surface area contributed by atoms with E-state index in [2.05, 4.69) is 16.0 Å². The molecule has 0 unspecified atom stereocenters. The number of amides is 4. The molecule has 208 valence electrons. The molecule has 0 aliphatic heterocycles. The first-order valence-corrected chi connectivity index (χ1v) is 11.9. The first kappa shape index (κ1) is 29.9. The molecule has 4 amide bonds. The Morgan fingerprint density at radius 3 is 2.00 bits per heavy atom. The number of nitrogens with zero attached hydrogens (tertiary/aromatic N) is 1. The van der Waals surface area contributed by atoms with Crippen LogP contribution in [-0.4, -0.2) is 25.2 Å². The van der Waals surface area contributed by atoms with Crippen molar-refractivity contribution >= 4 is 52.3 Å². The van der Waals surface area contributed by atoms with Crippen LogP contribution >= 0.6 is 23.2 Å². The van der Waals surface area contributed by atoms with Crippen LogP contribution in [0.3, 0.4) is 0 Å². The Balaban J connectivity index is 1.67. The normalized spacial score (nSPS) is 11.6. The maximum atomic E-state index is 13.3. The highest BCUT2D eigenvalue weighted by Gasteiger charge is 2.32. The standard InChI is InChI=1S/C25H20Cl2F6N4O2/c26-20-9-8-18(14-21(20)27)36-23(39)37(19-7-2-5-16(13-19)25(31,32)33)11-3-10-34-22(38)35-17-6-1-4-15(12-17)24(28,29)30/h1-2,4-9,12-14H,3,10-11H2,(H,36,39)(H2,34,35,38). The Bertz CT molecular complexity index is 1330. The van der Waals surface area contributed by atoms with Gasteiger partial charge in [-0.25, -0.2) is 9.59 Å². The van der Waals surface area contributed by atoms with Gasteiger partial charge in [-0.1, -0.05) is 35.3 Å². The molecule has 0 atom stereocenters. The second-order valence-corrected chi connectivity index (χ2v) is 8.89. The van der Waals surface area contributed by atoms with E-state index >= 15 is 0 Å². The van der Waals surface area contributed by atoms with Gasteiger partial charge < -0.3 is 16.0 Å². The third-order valence-electron chi connectivity index (χ3n) is 5.19. The van der Waals surface area contributed by atoms with Crippen molar-refractivity contribution in [2.45, 2.75) is 18.8 Å². The maximum absolute atomic E-state index is 13.3. The Kier molecular flexibility index (Phi) is 9.57. The molecule has 0 aromatic heterocycles. The Morgan fingerprint density at radius 2 is 1.36 bits per heavy atom. The topological polar surface area (TPSA) is 73.5 Å². The van der Waals surface area contributed by atoms with Crippen LogP contribution in [0.4, 0.5) is 53.0 Å². The number of rotatable bonds is 7. The van der Waals surface area contributed by atoms with E-state index in [1.165, 1.54) is 30.3 Å². The van der Waals surface area contributed by atoms with Crippen molar-refractivity contribution in [2.24, 2.45) is 0 Å². The minimum Gasteiger partial charge on any atom is -0.338 e. The van der Waals surface area contributed by atoms with E-state index in [1.807, 2.05) is 0 Å². The molecule has 0 spiro atoms. The molecule has 3 rings (SSSR count). The molecule has 6 nitrogen and oxygen atoms in total. The molecule has 0 saturated carbocycles. The molecule has 0 saturated heterocycles. The number of anilines is 3. The smallest absolute Gasteiger partial charge is 0.338 e. The van der Waals surface area contributed by atoms with E-state index < -0.39 is 35.5 Å². The number of urea groups is 2. The van der Waals surface area contributed by atoms with Crippen molar-refractivity contribution in [2.75, 3.05) is 28.6 Å². The molecular weight excluding hydrogens is 573 g/mol. The Labute approximate surface area is 228 Å². The average Bonchev–Trinajstić information content (AvgIpc) is 2.85. The summed E-state index contributed by atoms with van der Waals surface area (Å²) in [5, 5.41) is 7.63. The molecule has 14 heteroatoms. The summed E-state index contributed by atoms with van der Waals surface area (Å²) in [4.78, 5) is 26.2. The number of nitrogens with one attached hydrogen (secondary N) is 3. The second kappa shape index (κ2) is 12.5. The van der Waals surface area contributed by atoms with Gasteiger partial charge in [-0.15, -0.1) is 0 Å². The van der Waals surface area contributed by atoms with Crippen LogP contribution in [0, 0.1) is 0 Å². The number of alkyl halides is 6. The van der Waals surface area contributed by atoms with Crippen molar-refractivity contribution < 1.29 is 35.9 Å². The zero-order chi connectivity index (χ0) is 28.8. The lowest BCUT2D eigenvalue weighted by molar-refractivity contribution is -0.138. The molecule has 0 aliphatic carbocycles. The fourth-order valence-electron chi connectivity index (χ4n) is 3.35. The van der Waals surface area contributed by atoms with Gasteiger partial charge in [0.15, 0.2) is 0 Å². The molecule has 0 fully saturated rings. The molecule has 0 heterocycles. The fourth-order valence-corrected chi connectivity index (χ4v) is 3.65. The van der Waals surface area contributed by atoms with Gasteiger partial charge in [-0.3, -0.25) is 4.90 Å². The molecule has 3 aromatic rings. The highest BCUT2D eigenvalue weighted by molar-refractivity contribution is 6.42. The minimum atomic E-state index is -4.65. The van der Waals surface area contributed by atoms with E-state index in [4.69, 9.17) is 23.2 Å². The highest BCUT2D eigenvalue weighted by Crippen LogP contribution is 2.33. The number of hydrogen-bond acceptors (Lipinski definition) is 2. The highest BCUT2D eigenvalue weighted by atomic mass is 35.5. The van der Waals surface area contributed by atoms with E-state index in [0.29, 0.717) is 0 Å². The molecule has 0 bridgehead atoms. The summed E-state index contributed by atoms with van der Waals surface area (Å²) in [7, 11) is 0. The van der Waals surface area contributed by atoms with Crippen molar-refractivity contribution in [3.63, 3.8) is 0 Å². The van der Waals surface area contributed by atoms with Crippen molar-refractivity contribution in [1.29, 1.82) is 0 Å². The fraction of sp³-hybridized carbons (Fsp3) is 0.200. The lowest BCUT2D eigenvalue weighted by Gasteiger charge is -2.24. The number of hydrogen-bond donors (Lipinski definition) is 3. The van der Waals surface area contributed by atoms with Gasteiger partial charge in [0.2, 0.25) is 0 Å². The van der Waals surface area contributed by atoms with Gasteiger partial charge in [0, 0.05) is 30.2 Å². The molecule has 3 aromatic carbocycles. The first-order chi connectivity index (χ1) is 18.2. The van der Waals surface area contributed by atoms with Crippen LogP contribution in [-0.2, 0) is 12.4 Å². The SMILES string of the molecule is O=C(NCCCN(C(=O)Nc1ccc(Cl)c(Cl)c1)c1cccc(C(F)(F)F)c1)Nc1cccc(C(F)(F)F)c1. The largest absolute Gasteiger partial charge is 0.416 e. The summed E-state index contributed by atoms with van der Waals surface area (Å²) in [5.74, 6) is 0. The lowest BCUT2D eigenvalue weighted by atomic mass is 10.1. The van der Waals surface area contributed by atoms with Crippen LogP contribution in [0.15, 0.2) is 66.7 Å². The zero-order valence-corrected chi connectivity index (χ0v) is 21.3. The average molecular weight is 593 g/mol. The van der Waals surface area contributed by atoms with Crippen LogP contribution in [0.25, 0.3) is 0 Å². The van der Waals surface area contributed by atoms with E-state index in [0.717, 1.165) is 41.3 Å². The van der Waals surface area contributed by atoms with Crippen LogP contribution < -0.4 is 20.9 Å². The Morgan fingerprint density at radius 1 is 0.744 bits per heavy atom. The van der Waals surface area contributed by atoms with Crippen LogP contribution in [0.5, 0.6) is 0 Å². The summed E-state index contributed by atoms with van der Waals surface area (Å²) in [6, 6.07) is 10.8. The number of carbonyl (C=O) groups excluding carboxylic acids is 2. The van der Waals surface area contributed by atoms with Crippen molar-refractivity contribution in [3.8, 4) is 0 Å². The summed E-state index contributed by atoms with van der Waals surface area (Å²) in [5.41, 5.74) is -1.81. The van der Waals surface area contributed by atoms with Gasteiger partial charge in [0.05, 0.1) is 21.2 Å². The summed E-state index contributed by atoms with van der Waals surface area (Å²) in [6.07, 6.45) is -9.15. The summed E-state index contributed by atoms with van der Waals surface area (Å²) >= 11 is 11.8. The van der Waals surface area contributed by atoms with Crippen molar-refractivity contribution in [3.05, 3.63) is 87.9 Å². The van der Waals surface area contributed by atoms with Gasteiger partial charge >= 0.3 is 24.4 Å². The number of carbonyl (C=O) groups is 2. The lowest BCUT2D eigenvalue weighted by Crippen LogP contribution is -2.38. The van der Waals surface area contributed by atoms with Gasteiger partial charge in [-0.05, 0) is 61.0 Å². The predicted molar refractivity (Wildman–Crippen MR) is 137 cm³/mol. The second-order valence-electron chi connectivity index (χ2n) is 8.07. The number of halogens is 8. The van der Waals surface area contributed by atoms with Crippen LogP contribution in [0.1, 0.15) is 17.5 Å². The molecule has 0 radical (unpaired) electrons. The minimum absolute atomic E-state index is 0.0552. The quantitative estimate of drug-likeness (QED) is 0.191.